The van der Waals surface area contributed by atoms with E-state index in [0.29, 0.717) is 13.0 Å². The third-order valence-electron chi connectivity index (χ3n) is 2.37. The number of halogens is 3. The van der Waals surface area contributed by atoms with E-state index in [0.717, 1.165) is 5.69 Å². The lowest BCUT2D eigenvalue weighted by molar-refractivity contribution is -0.135. The monoisotopic (exact) mass is 247 g/mol. The van der Waals surface area contributed by atoms with Crippen molar-refractivity contribution in [2.75, 3.05) is 0 Å². The fraction of sp³-hybridized carbons (Fsp3) is 0.636. The van der Waals surface area contributed by atoms with Crippen LogP contribution in [-0.4, -0.2) is 22.2 Å². The Bertz CT molecular complexity index is 313. The molecule has 1 aromatic heterocycles. The van der Waals surface area contributed by atoms with E-state index in [1.807, 2.05) is 6.92 Å². The molecule has 0 bridgehead atoms. The minimum Gasteiger partial charge on any atom is -0.309 e. The van der Waals surface area contributed by atoms with Gasteiger partial charge in [-0.2, -0.15) is 13.2 Å². The maximum Gasteiger partial charge on any atom is 0.389 e. The van der Waals surface area contributed by atoms with Crippen LogP contribution in [0.5, 0.6) is 0 Å². The SMILES string of the molecule is CC(CCCC(F)(F)F)NCc1ccncn1. The van der Waals surface area contributed by atoms with Crippen molar-refractivity contribution in [3.63, 3.8) is 0 Å². The molecular weight excluding hydrogens is 231 g/mol. The summed E-state index contributed by atoms with van der Waals surface area (Å²) in [5.41, 5.74) is 0.836. The normalized spacial score (nSPS) is 13.6. The summed E-state index contributed by atoms with van der Waals surface area (Å²) in [7, 11) is 0. The average molecular weight is 247 g/mol. The highest BCUT2D eigenvalue weighted by Gasteiger charge is 2.26. The summed E-state index contributed by atoms with van der Waals surface area (Å²) in [6.07, 6.45) is -1.02. The van der Waals surface area contributed by atoms with Gasteiger partial charge in [0.1, 0.15) is 6.33 Å². The van der Waals surface area contributed by atoms with Crippen LogP contribution >= 0.6 is 0 Å². The summed E-state index contributed by atoms with van der Waals surface area (Å²) in [5, 5.41) is 3.13. The summed E-state index contributed by atoms with van der Waals surface area (Å²) in [6.45, 7) is 2.42. The van der Waals surface area contributed by atoms with Gasteiger partial charge in [0.15, 0.2) is 0 Å². The molecule has 0 saturated carbocycles. The molecule has 1 N–H and O–H groups in total. The van der Waals surface area contributed by atoms with Crippen molar-refractivity contribution in [1.29, 1.82) is 0 Å². The zero-order valence-corrected chi connectivity index (χ0v) is 9.67. The van der Waals surface area contributed by atoms with Crippen LogP contribution < -0.4 is 5.32 Å². The Hall–Kier alpha value is -1.17. The van der Waals surface area contributed by atoms with Crippen LogP contribution in [0.15, 0.2) is 18.6 Å². The highest BCUT2D eigenvalue weighted by molar-refractivity contribution is 4.97. The molecule has 0 amide bonds. The number of aromatic nitrogens is 2. The molecule has 0 aromatic carbocycles. The van der Waals surface area contributed by atoms with Crippen LogP contribution in [-0.2, 0) is 6.54 Å². The van der Waals surface area contributed by atoms with Crippen LogP contribution in [0, 0.1) is 0 Å². The number of rotatable bonds is 6. The van der Waals surface area contributed by atoms with Crippen LogP contribution in [0.3, 0.4) is 0 Å². The zero-order chi connectivity index (χ0) is 12.7. The highest BCUT2D eigenvalue weighted by Crippen LogP contribution is 2.22. The van der Waals surface area contributed by atoms with Gasteiger partial charge in [0.2, 0.25) is 0 Å². The van der Waals surface area contributed by atoms with Gasteiger partial charge in [-0.3, -0.25) is 0 Å². The van der Waals surface area contributed by atoms with Crippen molar-refractivity contribution < 1.29 is 13.2 Å². The van der Waals surface area contributed by atoms with E-state index >= 15 is 0 Å². The Labute approximate surface area is 98.5 Å². The molecule has 1 rings (SSSR count). The second-order valence-corrected chi connectivity index (χ2v) is 3.99. The number of hydrogen-bond acceptors (Lipinski definition) is 3. The molecular formula is C11H16F3N3. The summed E-state index contributed by atoms with van der Waals surface area (Å²) in [6, 6.07) is 1.82. The van der Waals surface area contributed by atoms with Crippen molar-refractivity contribution in [2.24, 2.45) is 0 Å². The molecule has 0 aliphatic heterocycles. The Kier molecular flexibility index (Phi) is 5.34. The van der Waals surface area contributed by atoms with E-state index in [4.69, 9.17) is 0 Å². The smallest absolute Gasteiger partial charge is 0.309 e. The lowest BCUT2D eigenvalue weighted by Gasteiger charge is -2.13. The molecule has 1 aromatic rings. The maximum absolute atomic E-state index is 11.9. The fourth-order valence-corrected chi connectivity index (χ4v) is 1.41. The van der Waals surface area contributed by atoms with E-state index in [2.05, 4.69) is 15.3 Å². The van der Waals surface area contributed by atoms with Gasteiger partial charge in [0.05, 0.1) is 5.69 Å². The van der Waals surface area contributed by atoms with Crippen molar-refractivity contribution in [1.82, 2.24) is 15.3 Å². The molecule has 0 saturated heterocycles. The van der Waals surface area contributed by atoms with E-state index in [1.54, 1.807) is 12.3 Å². The lowest BCUT2D eigenvalue weighted by Crippen LogP contribution is -2.26. The van der Waals surface area contributed by atoms with Gasteiger partial charge in [0, 0.05) is 25.2 Å². The molecule has 0 fully saturated rings. The largest absolute Gasteiger partial charge is 0.389 e. The Morgan fingerprint density at radius 2 is 2.18 bits per heavy atom. The van der Waals surface area contributed by atoms with Crippen molar-refractivity contribution in [3.05, 3.63) is 24.3 Å². The molecule has 0 aliphatic rings. The fourth-order valence-electron chi connectivity index (χ4n) is 1.41. The van der Waals surface area contributed by atoms with E-state index in [1.165, 1.54) is 6.33 Å². The summed E-state index contributed by atoms with van der Waals surface area (Å²) in [5.74, 6) is 0. The van der Waals surface area contributed by atoms with Crippen LogP contribution in [0.4, 0.5) is 13.2 Å². The highest BCUT2D eigenvalue weighted by atomic mass is 19.4. The van der Waals surface area contributed by atoms with Crippen LogP contribution in [0.2, 0.25) is 0 Å². The summed E-state index contributed by atoms with van der Waals surface area (Å²) < 4.78 is 35.8. The molecule has 1 atom stereocenters. The molecule has 3 nitrogen and oxygen atoms in total. The van der Waals surface area contributed by atoms with Gasteiger partial charge in [-0.25, -0.2) is 9.97 Å². The van der Waals surface area contributed by atoms with E-state index < -0.39 is 12.6 Å². The molecule has 96 valence electrons. The van der Waals surface area contributed by atoms with Gasteiger partial charge in [-0.15, -0.1) is 0 Å². The molecule has 17 heavy (non-hydrogen) atoms. The molecule has 1 heterocycles. The Morgan fingerprint density at radius 3 is 2.76 bits per heavy atom. The zero-order valence-electron chi connectivity index (χ0n) is 9.67. The van der Waals surface area contributed by atoms with Crippen molar-refractivity contribution in [2.45, 2.75) is 44.9 Å². The van der Waals surface area contributed by atoms with Gasteiger partial charge >= 0.3 is 6.18 Å². The summed E-state index contributed by atoms with van der Waals surface area (Å²) in [4.78, 5) is 7.80. The molecule has 0 aliphatic carbocycles. The second-order valence-electron chi connectivity index (χ2n) is 3.99. The Morgan fingerprint density at radius 1 is 1.41 bits per heavy atom. The third-order valence-corrected chi connectivity index (χ3v) is 2.37. The minimum absolute atomic E-state index is 0.0484. The van der Waals surface area contributed by atoms with Crippen molar-refractivity contribution in [3.8, 4) is 0 Å². The third kappa shape index (κ3) is 6.88. The first kappa shape index (κ1) is 13.9. The lowest BCUT2D eigenvalue weighted by atomic mass is 10.1. The predicted octanol–water partition coefficient (Wildman–Crippen LogP) is 2.69. The first-order valence-electron chi connectivity index (χ1n) is 5.52. The first-order chi connectivity index (χ1) is 7.97. The van der Waals surface area contributed by atoms with Crippen LogP contribution in [0.25, 0.3) is 0 Å². The van der Waals surface area contributed by atoms with Crippen molar-refractivity contribution >= 4 is 0 Å². The first-order valence-corrected chi connectivity index (χ1v) is 5.52. The summed E-state index contributed by atoms with van der Waals surface area (Å²) >= 11 is 0. The molecule has 0 radical (unpaired) electrons. The molecule has 1 unspecified atom stereocenters. The second kappa shape index (κ2) is 6.54. The Balaban J connectivity index is 2.15. The van der Waals surface area contributed by atoms with Gasteiger partial charge in [-0.05, 0) is 25.8 Å². The average Bonchev–Trinajstić information content (AvgIpc) is 2.26. The number of hydrogen-bond donors (Lipinski definition) is 1. The van der Waals surface area contributed by atoms with Gasteiger partial charge in [-0.1, -0.05) is 0 Å². The van der Waals surface area contributed by atoms with E-state index in [9.17, 15) is 13.2 Å². The molecule has 6 heteroatoms. The maximum atomic E-state index is 11.9. The number of alkyl halides is 3. The topological polar surface area (TPSA) is 37.8 Å². The van der Waals surface area contributed by atoms with Gasteiger partial charge in [0.25, 0.3) is 0 Å². The van der Waals surface area contributed by atoms with E-state index in [-0.39, 0.29) is 12.5 Å². The minimum atomic E-state index is -4.05. The van der Waals surface area contributed by atoms with Gasteiger partial charge < -0.3 is 5.32 Å². The number of nitrogens with one attached hydrogen (secondary N) is 1. The predicted molar refractivity (Wildman–Crippen MR) is 58.2 cm³/mol. The molecule has 0 spiro atoms. The van der Waals surface area contributed by atoms with Crippen LogP contribution in [0.1, 0.15) is 31.9 Å². The quantitative estimate of drug-likeness (QED) is 0.839. The number of nitrogens with zero attached hydrogens (tertiary/aromatic N) is 2. The standard InChI is InChI=1S/C11H16F3N3/c1-9(3-2-5-11(12,13)14)16-7-10-4-6-15-8-17-10/h4,6,8-9,16H,2-3,5,7H2,1H3.